The highest BCUT2D eigenvalue weighted by Crippen LogP contribution is 2.23. The monoisotopic (exact) mass is 369 g/mol. The lowest BCUT2D eigenvalue weighted by Crippen LogP contribution is -2.34. The molecule has 1 atom stereocenters. The number of nitrogens with one attached hydrogen (secondary N) is 1. The van der Waals surface area contributed by atoms with Crippen LogP contribution in [0.25, 0.3) is 16.0 Å². The number of tetrazole rings is 1. The molecule has 132 valence electrons. The first kappa shape index (κ1) is 16.3. The van der Waals surface area contributed by atoms with Crippen molar-refractivity contribution in [2.24, 2.45) is 0 Å². The van der Waals surface area contributed by atoms with Crippen molar-refractivity contribution in [2.75, 3.05) is 0 Å². The van der Waals surface area contributed by atoms with Crippen molar-refractivity contribution < 1.29 is 9.21 Å². The fourth-order valence-electron chi connectivity index (χ4n) is 2.61. The van der Waals surface area contributed by atoms with E-state index in [1.165, 1.54) is 16.0 Å². The van der Waals surface area contributed by atoms with E-state index in [1.54, 1.807) is 6.07 Å². The van der Waals surface area contributed by atoms with Crippen molar-refractivity contribution in [1.82, 2.24) is 25.1 Å². The lowest BCUT2D eigenvalue weighted by molar-refractivity contribution is -0.122. The fraction of sp³-hybridized carbons (Fsp3) is 0.176. The molecule has 1 aromatic carbocycles. The largest absolute Gasteiger partial charge is 0.459 e. The Morgan fingerprint density at radius 3 is 2.88 bits per heavy atom. The van der Waals surface area contributed by atoms with Crippen LogP contribution in [0.2, 0.25) is 0 Å². The first-order valence-corrected chi connectivity index (χ1v) is 8.84. The van der Waals surface area contributed by atoms with Crippen molar-refractivity contribution >= 4 is 28.2 Å². The summed E-state index contributed by atoms with van der Waals surface area (Å²) >= 11 is 1.37. The summed E-state index contributed by atoms with van der Waals surface area (Å²) < 4.78 is 7.94. The van der Waals surface area contributed by atoms with Crippen molar-refractivity contribution in [3.63, 3.8) is 0 Å². The number of fused-ring (bicyclic) bond motifs is 1. The second kappa shape index (κ2) is 6.60. The number of nitrogens with zero attached hydrogens (tertiary/aromatic N) is 4. The molecule has 1 unspecified atom stereocenters. The van der Waals surface area contributed by atoms with Gasteiger partial charge < -0.3 is 9.73 Å². The van der Waals surface area contributed by atoms with Gasteiger partial charge in [0.05, 0.1) is 6.04 Å². The summed E-state index contributed by atoms with van der Waals surface area (Å²) in [4.78, 5) is 24.6. The lowest BCUT2D eigenvalue weighted by Gasteiger charge is -2.10. The van der Waals surface area contributed by atoms with E-state index in [2.05, 4.69) is 15.7 Å². The van der Waals surface area contributed by atoms with Crippen LogP contribution in [0, 0.1) is 0 Å². The third-order valence-electron chi connectivity index (χ3n) is 3.90. The van der Waals surface area contributed by atoms with Crippen LogP contribution in [0.4, 0.5) is 0 Å². The molecule has 0 bridgehead atoms. The van der Waals surface area contributed by atoms with Crippen LogP contribution in [-0.4, -0.2) is 25.7 Å². The molecule has 4 rings (SSSR count). The molecule has 0 saturated carbocycles. The first-order valence-electron chi connectivity index (χ1n) is 7.96. The molecule has 8 nitrogen and oxygen atoms in total. The van der Waals surface area contributed by atoms with Gasteiger partial charge in [0.2, 0.25) is 5.91 Å². The maximum Gasteiger partial charge on any atom is 0.369 e. The minimum Gasteiger partial charge on any atom is -0.459 e. The van der Waals surface area contributed by atoms with Gasteiger partial charge in [-0.25, -0.2) is 4.79 Å². The summed E-state index contributed by atoms with van der Waals surface area (Å²) in [5.41, 5.74) is 0.303. The van der Waals surface area contributed by atoms with Gasteiger partial charge in [-0.05, 0) is 47.0 Å². The van der Waals surface area contributed by atoms with Crippen molar-refractivity contribution in [1.29, 1.82) is 0 Å². The van der Waals surface area contributed by atoms with Gasteiger partial charge in [-0.2, -0.15) is 9.36 Å². The van der Waals surface area contributed by atoms with Gasteiger partial charge in [0.25, 0.3) is 0 Å². The molecule has 0 aliphatic rings. The maximum atomic E-state index is 12.3. The topological polar surface area (TPSA) is 95.0 Å². The molecule has 4 aromatic rings. The van der Waals surface area contributed by atoms with Crippen LogP contribution < -0.4 is 11.0 Å². The predicted molar refractivity (Wildman–Crippen MR) is 96.3 cm³/mol. The zero-order valence-electron chi connectivity index (χ0n) is 13.8. The Hall–Kier alpha value is -3.20. The first-order chi connectivity index (χ1) is 12.6. The summed E-state index contributed by atoms with van der Waals surface area (Å²) in [6, 6.07) is 12.8. The number of rotatable bonds is 5. The van der Waals surface area contributed by atoms with E-state index in [9.17, 15) is 9.59 Å². The highest BCUT2D eigenvalue weighted by atomic mass is 32.1. The summed E-state index contributed by atoms with van der Waals surface area (Å²) in [6.07, 6.45) is 0. The van der Waals surface area contributed by atoms with Gasteiger partial charge in [-0.3, -0.25) is 4.79 Å². The van der Waals surface area contributed by atoms with E-state index in [0.29, 0.717) is 10.8 Å². The van der Waals surface area contributed by atoms with Gasteiger partial charge in [-0.15, -0.1) is 11.3 Å². The Labute approximate surface area is 151 Å². The van der Waals surface area contributed by atoms with Gasteiger partial charge in [-0.1, -0.05) is 18.2 Å². The van der Waals surface area contributed by atoms with Crippen molar-refractivity contribution in [3.8, 4) is 5.00 Å². The number of carbonyl (C=O) groups is 1. The van der Waals surface area contributed by atoms with Gasteiger partial charge in [0.1, 0.15) is 22.9 Å². The Morgan fingerprint density at radius 1 is 1.27 bits per heavy atom. The van der Waals surface area contributed by atoms with Crippen molar-refractivity contribution in [2.45, 2.75) is 19.5 Å². The molecule has 0 aliphatic carbocycles. The molecule has 3 aromatic heterocycles. The highest BCUT2D eigenvalue weighted by Gasteiger charge is 2.17. The van der Waals surface area contributed by atoms with E-state index in [-0.39, 0.29) is 18.5 Å². The molecule has 3 heterocycles. The third kappa shape index (κ3) is 3.04. The Kier molecular flexibility index (Phi) is 4.13. The molecule has 0 aliphatic heterocycles. The van der Waals surface area contributed by atoms with Crippen LogP contribution in [0.15, 0.2) is 57.1 Å². The van der Waals surface area contributed by atoms with Gasteiger partial charge in [0, 0.05) is 5.39 Å². The number of furan rings is 1. The SMILES string of the molecule is CC(NC(=O)Cn1nnn(-c2cccs2)c1=O)c1cc2ccccc2o1. The van der Waals surface area contributed by atoms with Crippen LogP contribution in [0.1, 0.15) is 18.7 Å². The van der Waals surface area contributed by atoms with Crippen molar-refractivity contribution in [3.05, 3.63) is 64.1 Å². The van der Waals surface area contributed by atoms with Crippen LogP contribution in [0.3, 0.4) is 0 Å². The predicted octanol–water partition coefficient (Wildman–Crippen LogP) is 2.11. The number of hydrogen-bond donors (Lipinski definition) is 1. The average Bonchev–Trinajstić information content (AvgIpc) is 3.35. The zero-order valence-corrected chi connectivity index (χ0v) is 14.6. The molecule has 1 amide bonds. The summed E-state index contributed by atoms with van der Waals surface area (Å²) in [6.45, 7) is 1.61. The van der Waals surface area contributed by atoms with E-state index >= 15 is 0 Å². The number of para-hydroxylation sites is 1. The number of thiophene rings is 1. The van der Waals surface area contributed by atoms with Crippen LogP contribution in [0.5, 0.6) is 0 Å². The van der Waals surface area contributed by atoms with E-state index in [4.69, 9.17) is 4.42 Å². The van der Waals surface area contributed by atoms with E-state index in [0.717, 1.165) is 15.7 Å². The van der Waals surface area contributed by atoms with E-state index in [1.807, 2.05) is 48.7 Å². The minimum absolute atomic E-state index is 0.214. The molecule has 26 heavy (non-hydrogen) atoms. The van der Waals surface area contributed by atoms with Gasteiger partial charge >= 0.3 is 5.69 Å². The average molecular weight is 369 g/mol. The van der Waals surface area contributed by atoms with Gasteiger partial charge in [0.15, 0.2) is 0 Å². The molecule has 0 fully saturated rings. The smallest absolute Gasteiger partial charge is 0.369 e. The molecular formula is C17H15N5O3S. The standard InChI is InChI=1S/C17H15N5O3S/c1-11(14-9-12-5-2-3-6-13(12)25-14)18-15(23)10-21-17(24)22(20-19-21)16-7-4-8-26-16/h2-9,11H,10H2,1H3,(H,18,23). The lowest BCUT2D eigenvalue weighted by atomic mass is 10.2. The maximum absolute atomic E-state index is 12.3. The summed E-state index contributed by atoms with van der Waals surface area (Å²) in [7, 11) is 0. The van der Waals surface area contributed by atoms with E-state index < -0.39 is 5.69 Å². The molecule has 0 spiro atoms. The molecule has 9 heteroatoms. The Balaban J connectivity index is 1.46. The summed E-state index contributed by atoms with van der Waals surface area (Å²) in [5.74, 6) is 0.299. The molecule has 0 radical (unpaired) electrons. The summed E-state index contributed by atoms with van der Waals surface area (Å²) in [5, 5.41) is 13.8. The number of amides is 1. The molecular weight excluding hydrogens is 354 g/mol. The Bertz CT molecular complexity index is 1080. The number of hydrogen-bond acceptors (Lipinski definition) is 6. The minimum atomic E-state index is -0.459. The normalized spacial score (nSPS) is 12.3. The quantitative estimate of drug-likeness (QED) is 0.581. The zero-order chi connectivity index (χ0) is 18.1. The van der Waals surface area contributed by atoms with Crippen LogP contribution >= 0.6 is 11.3 Å². The second-order valence-corrected chi connectivity index (χ2v) is 6.68. The molecule has 0 saturated heterocycles. The number of carbonyl (C=O) groups excluding carboxylic acids is 1. The fourth-order valence-corrected chi connectivity index (χ4v) is 3.28. The second-order valence-electron chi connectivity index (χ2n) is 5.76. The number of aromatic nitrogens is 4. The third-order valence-corrected chi connectivity index (χ3v) is 4.74. The highest BCUT2D eigenvalue weighted by molar-refractivity contribution is 7.12. The number of benzene rings is 1. The molecule has 1 N–H and O–H groups in total. The Morgan fingerprint density at radius 2 is 2.12 bits per heavy atom. The van der Waals surface area contributed by atoms with Crippen LogP contribution in [-0.2, 0) is 11.3 Å².